The minimum Gasteiger partial charge on any atom is -0.338 e. The summed E-state index contributed by atoms with van der Waals surface area (Å²) in [6, 6.07) is 11.4. The van der Waals surface area contributed by atoms with Gasteiger partial charge in [-0.25, -0.2) is 4.98 Å². The summed E-state index contributed by atoms with van der Waals surface area (Å²) >= 11 is 0. The van der Waals surface area contributed by atoms with E-state index in [9.17, 15) is 23.2 Å². The third-order valence-corrected chi connectivity index (χ3v) is 6.70. The van der Waals surface area contributed by atoms with Crippen molar-refractivity contribution in [1.82, 2.24) is 10.3 Å². The van der Waals surface area contributed by atoms with Crippen LogP contribution in [0.15, 0.2) is 36.5 Å². The Morgan fingerprint density at radius 1 is 1.24 bits per heavy atom. The van der Waals surface area contributed by atoms with Gasteiger partial charge in [0.15, 0.2) is 0 Å². The number of hydrogen-bond acceptors (Lipinski definition) is 5. The van der Waals surface area contributed by atoms with E-state index in [0.29, 0.717) is 43.7 Å². The van der Waals surface area contributed by atoms with E-state index in [4.69, 9.17) is 0 Å². The number of amides is 1. The van der Waals surface area contributed by atoms with Crippen molar-refractivity contribution in [2.24, 2.45) is 5.92 Å². The first kappa shape index (κ1) is 24.0. The lowest BCUT2D eigenvalue weighted by Gasteiger charge is -2.33. The van der Waals surface area contributed by atoms with E-state index in [1.54, 1.807) is 11.1 Å². The Kier molecular flexibility index (Phi) is 6.54. The first-order valence-electron chi connectivity index (χ1n) is 11.5. The number of anilines is 3. The molecule has 4 rings (SSSR count). The van der Waals surface area contributed by atoms with E-state index in [0.717, 1.165) is 16.8 Å². The Morgan fingerprint density at radius 2 is 1.97 bits per heavy atom. The van der Waals surface area contributed by atoms with Crippen LogP contribution in [0.3, 0.4) is 0 Å². The van der Waals surface area contributed by atoms with Gasteiger partial charge in [0.1, 0.15) is 5.82 Å². The number of pyridine rings is 1. The van der Waals surface area contributed by atoms with Gasteiger partial charge < -0.3 is 15.5 Å². The Bertz CT molecular complexity index is 1100. The topological polar surface area (TPSA) is 81.1 Å². The van der Waals surface area contributed by atoms with Crippen LogP contribution in [0, 0.1) is 17.2 Å². The van der Waals surface area contributed by atoms with Gasteiger partial charge in [0.2, 0.25) is 5.91 Å². The minimum atomic E-state index is -4.24. The fraction of sp³-hybridized carbons (Fsp3) is 0.480. The number of halogens is 3. The maximum absolute atomic E-state index is 13.7. The number of alkyl halides is 3. The fourth-order valence-electron chi connectivity index (χ4n) is 4.60. The maximum Gasteiger partial charge on any atom is 0.401 e. The van der Waals surface area contributed by atoms with Gasteiger partial charge in [-0.1, -0.05) is 12.1 Å². The molecule has 34 heavy (non-hydrogen) atoms. The van der Waals surface area contributed by atoms with Crippen molar-refractivity contribution in [3.63, 3.8) is 0 Å². The summed E-state index contributed by atoms with van der Waals surface area (Å²) in [7, 11) is 0. The summed E-state index contributed by atoms with van der Waals surface area (Å²) in [5.74, 6) is 0.343. The van der Waals surface area contributed by atoms with Crippen LogP contribution in [0.1, 0.15) is 50.7 Å². The second-order valence-electron chi connectivity index (χ2n) is 9.57. The third-order valence-electron chi connectivity index (χ3n) is 6.70. The van der Waals surface area contributed by atoms with Crippen LogP contribution in [-0.4, -0.2) is 29.7 Å². The van der Waals surface area contributed by atoms with Crippen molar-refractivity contribution in [2.45, 2.75) is 63.7 Å². The predicted octanol–water partition coefficient (Wildman–Crippen LogP) is 5.18. The van der Waals surface area contributed by atoms with Crippen molar-refractivity contribution in [3.05, 3.63) is 47.7 Å². The number of carbonyl (C=O) groups excluding carboxylic acids is 1. The number of hydrogen-bond donors (Lipinski definition) is 2. The van der Waals surface area contributed by atoms with Crippen molar-refractivity contribution < 1.29 is 18.0 Å². The summed E-state index contributed by atoms with van der Waals surface area (Å²) in [5, 5.41) is 15.5. The van der Waals surface area contributed by atoms with Gasteiger partial charge in [-0.3, -0.25) is 4.79 Å². The quantitative estimate of drug-likeness (QED) is 0.642. The van der Waals surface area contributed by atoms with Crippen LogP contribution >= 0.6 is 0 Å². The number of aromatic nitrogens is 1. The van der Waals surface area contributed by atoms with E-state index in [1.165, 1.54) is 0 Å². The highest BCUT2D eigenvalue weighted by molar-refractivity contribution is 5.99. The zero-order valence-electron chi connectivity index (χ0n) is 19.2. The van der Waals surface area contributed by atoms with Gasteiger partial charge in [0.25, 0.3) is 0 Å². The van der Waals surface area contributed by atoms with E-state index >= 15 is 0 Å². The van der Waals surface area contributed by atoms with Crippen LogP contribution in [-0.2, 0) is 16.8 Å². The highest BCUT2D eigenvalue weighted by Crippen LogP contribution is 2.40. The Morgan fingerprint density at radius 3 is 2.65 bits per heavy atom. The molecule has 9 heteroatoms. The number of nitrogens with one attached hydrogen (secondary N) is 2. The Hall–Kier alpha value is -3.12. The number of rotatable bonds is 4. The van der Waals surface area contributed by atoms with E-state index in [-0.39, 0.29) is 17.9 Å². The lowest BCUT2D eigenvalue weighted by Crippen LogP contribution is -2.42. The molecule has 1 saturated carbocycles. The van der Waals surface area contributed by atoms with E-state index < -0.39 is 18.1 Å². The van der Waals surface area contributed by atoms with E-state index in [1.807, 2.05) is 44.2 Å². The molecule has 2 heterocycles. The van der Waals surface area contributed by atoms with Crippen molar-refractivity contribution in [1.29, 1.82) is 5.26 Å². The number of fused-ring (bicyclic) bond motifs is 2. The highest BCUT2D eigenvalue weighted by Gasteiger charge is 2.35. The molecule has 1 aromatic carbocycles. The summed E-state index contributed by atoms with van der Waals surface area (Å²) in [6.45, 7) is 2.97. The molecule has 2 aromatic rings. The molecule has 0 atom stereocenters. The molecule has 0 unspecified atom stereocenters. The molecule has 2 N–H and O–H groups in total. The lowest BCUT2D eigenvalue weighted by molar-refractivity contribution is -0.128. The standard InChI is InChI=1S/C25H28F3N5O/c1-24(2,14-29)18-7-10-20-21(12-18)33(13-17-4-3-11-30-22(17)32-20)23(34)16-5-8-19(9-6-16)31-15-25(26,27)28/h3-4,7,10-12,16,19,31H,5-6,8-9,13,15H2,1-2H3,(H,30,32)/t16-,19-. The summed E-state index contributed by atoms with van der Waals surface area (Å²) in [6.07, 6.45) is -0.471. The number of nitriles is 1. The molecule has 2 aliphatic rings. The molecule has 6 nitrogen and oxygen atoms in total. The summed E-state index contributed by atoms with van der Waals surface area (Å²) < 4.78 is 37.6. The molecule has 0 radical (unpaired) electrons. The summed E-state index contributed by atoms with van der Waals surface area (Å²) in [4.78, 5) is 19.9. The van der Waals surface area contributed by atoms with Gasteiger partial charge >= 0.3 is 6.18 Å². The molecule has 1 aliphatic heterocycles. The molecular weight excluding hydrogens is 443 g/mol. The molecule has 180 valence electrons. The first-order chi connectivity index (χ1) is 16.1. The molecule has 1 fully saturated rings. The molecule has 1 aliphatic carbocycles. The zero-order valence-corrected chi connectivity index (χ0v) is 19.2. The highest BCUT2D eigenvalue weighted by atomic mass is 19.4. The predicted molar refractivity (Wildman–Crippen MR) is 124 cm³/mol. The molecule has 0 saturated heterocycles. The molecule has 0 bridgehead atoms. The zero-order chi connectivity index (χ0) is 24.5. The van der Waals surface area contributed by atoms with Gasteiger partial charge in [-0.2, -0.15) is 18.4 Å². The average molecular weight is 472 g/mol. The second-order valence-corrected chi connectivity index (χ2v) is 9.57. The molecule has 1 amide bonds. The number of benzene rings is 1. The smallest absolute Gasteiger partial charge is 0.338 e. The Balaban J connectivity index is 1.60. The van der Waals surface area contributed by atoms with Gasteiger partial charge in [0.05, 0.1) is 35.9 Å². The lowest BCUT2D eigenvalue weighted by atomic mass is 9.84. The van der Waals surface area contributed by atoms with Crippen molar-refractivity contribution in [3.8, 4) is 6.07 Å². The Labute approximate surface area is 197 Å². The van der Waals surface area contributed by atoms with Crippen molar-refractivity contribution >= 4 is 23.1 Å². The van der Waals surface area contributed by atoms with Crippen LogP contribution in [0.4, 0.5) is 30.4 Å². The van der Waals surface area contributed by atoms with Gasteiger partial charge in [-0.15, -0.1) is 0 Å². The SMILES string of the molecule is CC(C)(C#N)c1ccc2c(c1)N(C(=O)[C@H]1CC[C@H](NCC(F)(F)F)CC1)Cc1cccnc1N2. The van der Waals surface area contributed by atoms with Crippen LogP contribution in [0.2, 0.25) is 0 Å². The van der Waals surface area contributed by atoms with Crippen LogP contribution < -0.4 is 15.5 Å². The fourth-order valence-corrected chi connectivity index (χ4v) is 4.60. The van der Waals surface area contributed by atoms with E-state index in [2.05, 4.69) is 21.7 Å². The monoisotopic (exact) mass is 471 g/mol. The maximum atomic E-state index is 13.7. The van der Waals surface area contributed by atoms with Gasteiger partial charge in [-0.05, 0) is 63.3 Å². The first-order valence-corrected chi connectivity index (χ1v) is 11.5. The van der Waals surface area contributed by atoms with Crippen molar-refractivity contribution in [2.75, 3.05) is 16.8 Å². The molecular formula is C25H28F3N5O. The molecule has 1 aromatic heterocycles. The van der Waals surface area contributed by atoms with Crippen LogP contribution in [0.25, 0.3) is 0 Å². The second kappa shape index (κ2) is 9.26. The van der Waals surface area contributed by atoms with Crippen LogP contribution in [0.5, 0.6) is 0 Å². The average Bonchev–Trinajstić information content (AvgIpc) is 2.98. The number of nitrogens with zero attached hydrogens (tertiary/aromatic N) is 3. The largest absolute Gasteiger partial charge is 0.401 e. The normalized spacial score (nSPS) is 20.4. The molecule has 0 spiro atoms. The number of carbonyl (C=O) groups is 1. The minimum absolute atomic E-state index is 0.0547. The third kappa shape index (κ3) is 5.17. The van der Waals surface area contributed by atoms with Gasteiger partial charge in [0, 0.05) is 23.7 Å². The summed E-state index contributed by atoms with van der Waals surface area (Å²) in [5.41, 5.74) is 2.34.